The number of amides is 1. The van der Waals surface area contributed by atoms with E-state index in [2.05, 4.69) is 37.8 Å². The summed E-state index contributed by atoms with van der Waals surface area (Å²) in [6, 6.07) is 8.04. The minimum absolute atomic E-state index is 0.0867. The van der Waals surface area contributed by atoms with E-state index < -0.39 is 6.10 Å². The van der Waals surface area contributed by atoms with Crippen LogP contribution in [0.4, 0.5) is 0 Å². The normalized spacial score (nSPS) is 17.6. The topological polar surface area (TPSA) is 32.8 Å². The van der Waals surface area contributed by atoms with Crippen molar-refractivity contribution in [1.82, 2.24) is 9.80 Å². The van der Waals surface area contributed by atoms with Crippen LogP contribution >= 0.6 is 0 Å². The van der Waals surface area contributed by atoms with E-state index in [0.717, 1.165) is 38.5 Å². The van der Waals surface area contributed by atoms with E-state index in [9.17, 15) is 4.79 Å². The predicted molar refractivity (Wildman–Crippen MR) is 89.3 cm³/mol. The van der Waals surface area contributed by atoms with Crippen LogP contribution in [0.15, 0.2) is 24.3 Å². The van der Waals surface area contributed by atoms with Crippen LogP contribution in [0, 0.1) is 0 Å². The number of nitrogens with zero attached hydrogens (tertiary/aromatic N) is 2. The lowest BCUT2D eigenvalue weighted by molar-refractivity contribution is -0.139. The minimum Gasteiger partial charge on any atom is -0.481 e. The van der Waals surface area contributed by atoms with E-state index in [1.807, 2.05) is 24.0 Å². The Labute approximate surface area is 134 Å². The number of piperazine rings is 1. The van der Waals surface area contributed by atoms with E-state index in [4.69, 9.17) is 4.74 Å². The fourth-order valence-electron chi connectivity index (χ4n) is 2.73. The molecule has 1 aromatic rings. The lowest BCUT2D eigenvalue weighted by Gasteiger charge is -2.35. The maximum absolute atomic E-state index is 12.5. The van der Waals surface area contributed by atoms with E-state index in [0.29, 0.717) is 5.92 Å². The third-order valence-corrected chi connectivity index (χ3v) is 4.34. The largest absolute Gasteiger partial charge is 0.481 e. The first-order valence-corrected chi connectivity index (χ1v) is 8.29. The number of carbonyl (C=O) groups is 1. The quantitative estimate of drug-likeness (QED) is 0.838. The maximum Gasteiger partial charge on any atom is 0.263 e. The van der Waals surface area contributed by atoms with Crippen molar-refractivity contribution >= 4 is 5.91 Å². The molecule has 122 valence electrons. The number of likely N-dealkylation sites (N-methyl/N-ethyl adjacent to an activating group) is 1. The molecule has 0 N–H and O–H groups in total. The summed E-state index contributed by atoms with van der Waals surface area (Å²) in [6.07, 6.45) is -0.432. The predicted octanol–water partition coefficient (Wildman–Crippen LogP) is 2.74. The molecule has 22 heavy (non-hydrogen) atoms. The summed E-state index contributed by atoms with van der Waals surface area (Å²) in [4.78, 5) is 16.7. The van der Waals surface area contributed by atoms with Gasteiger partial charge in [-0.15, -0.1) is 0 Å². The lowest BCUT2D eigenvalue weighted by Crippen LogP contribution is -2.51. The number of benzene rings is 1. The Kier molecular flexibility index (Phi) is 5.83. The minimum atomic E-state index is -0.432. The van der Waals surface area contributed by atoms with Gasteiger partial charge in [-0.1, -0.05) is 32.9 Å². The Morgan fingerprint density at radius 2 is 1.68 bits per heavy atom. The van der Waals surface area contributed by atoms with Crippen molar-refractivity contribution < 1.29 is 9.53 Å². The van der Waals surface area contributed by atoms with Gasteiger partial charge in [0.15, 0.2) is 6.10 Å². The molecule has 1 unspecified atom stereocenters. The summed E-state index contributed by atoms with van der Waals surface area (Å²) in [5, 5.41) is 0. The first-order chi connectivity index (χ1) is 10.5. The van der Waals surface area contributed by atoms with E-state index in [1.165, 1.54) is 5.56 Å². The zero-order valence-corrected chi connectivity index (χ0v) is 14.2. The van der Waals surface area contributed by atoms with Crippen LogP contribution in [0.3, 0.4) is 0 Å². The van der Waals surface area contributed by atoms with Crippen LogP contribution in [0.25, 0.3) is 0 Å². The first-order valence-electron chi connectivity index (χ1n) is 8.29. The molecule has 1 aliphatic heterocycles. The number of hydrogen-bond acceptors (Lipinski definition) is 3. The molecular weight excluding hydrogens is 276 g/mol. The van der Waals surface area contributed by atoms with Gasteiger partial charge in [0.1, 0.15) is 5.75 Å². The highest BCUT2D eigenvalue weighted by Gasteiger charge is 2.25. The Bertz CT molecular complexity index is 476. The van der Waals surface area contributed by atoms with Gasteiger partial charge in [-0.2, -0.15) is 0 Å². The highest BCUT2D eigenvalue weighted by Crippen LogP contribution is 2.20. The summed E-state index contributed by atoms with van der Waals surface area (Å²) in [7, 11) is 0. The van der Waals surface area contributed by atoms with Crippen LogP contribution in [-0.2, 0) is 4.79 Å². The van der Waals surface area contributed by atoms with Crippen molar-refractivity contribution in [3.8, 4) is 5.75 Å². The summed E-state index contributed by atoms with van der Waals surface area (Å²) in [6.45, 7) is 12.9. The van der Waals surface area contributed by atoms with Gasteiger partial charge in [0.2, 0.25) is 0 Å². The molecule has 1 heterocycles. The number of ether oxygens (including phenoxy) is 1. The molecule has 4 nitrogen and oxygen atoms in total. The van der Waals surface area contributed by atoms with E-state index in [-0.39, 0.29) is 5.91 Å². The van der Waals surface area contributed by atoms with Crippen LogP contribution < -0.4 is 4.74 Å². The van der Waals surface area contributed by atoms with Crippen molar-refractivity contribution in [2.45, 2.75) is 39.7 Å². The molecule has 0 saturated carbocycles. The van der Waals surface area contributed by atoms with Crippen LogP contribution in [0.2, 0.25) is 0 Å². The molecule has 4 heteroatoms. The van der Waals surface area contributed by atoms with Gasteiger partial charge in [0.05, 0.1) is 0 Å². The molecule has 0 aliphatic carbocycles. The maximum atomic E-state index is 12.5. The molecule has 1 atom stereocenters. The number of carbonyl (C=O) groups excluding carboxylic acids is 1. The second-order valence-corrected chi connectivity index (χ2v) is 6.24. The van der Waals surface area contributed by atoms with Crippen LogP contribution in [-0.4, -0.2) is 54.5 Å². The average Bonchev–Trinajstić information content (AvgIpc) is 2.54. The molecule has 0 bridgehead atoms. The molecule has 1 saturated heterocycles. The van der Waals surface area contributed by atoms with Crippen LogP contribution in [0.5, 0.6) is 5.75 Å². The van der Waals surface area contributed by atoms with Gasteiger partial charge in [-0.05, 0) is 37.1 Å². The summed E-state index contributed by atoms with van der Waals surface area (Å²) in [5.74, 6) is 1.35. The summed E-state index contributed by atoms with van der Waals surface area (Å²) in [5.41, 5.74) is 1.28. The molecule has 1 amide bonds. The number of rotatable bonds is 5. The third-order valence-electron chi connectivity index (χ3n) is 4.34. The van der Waals surface area contributed by atoms with Gasteiger partial charge < -0.3 is 14.5 Å². The van der Waals surface area contributed by atoms with Crippen molar-refractivity contribution in [2.24, 2.45) is 0 Å². The van der Waals surface area contributed by atoms with E-state index >= 15 is 0 Å². The Morgan fingerprint density at radius 3 is 2.18 bits per heavy atom. The molecule has 1 aromatic carbocycles. The number of hydrogen-bond donors (Lipinski definition) is 0. The van der Waals surface area contributed by atoms with Crippen molar-refractivity contribution in [3.63, 3.8) is 0 Å². The molecule has 2 rings (SSSR count). The van der Waals surface area contributed by atoms with Crippen molar-refractivity contribution in [2.75, 3.05) is 32.7 Å². The molecule has 0 spiro atoms. The zero-order valence-electron chi connectivity index (χ0n) is 14.2. The van der Waals surface area contributed by atoms with E-state index in [1.54, 1.807) is 0 Å². The van der Waals surface area contributed by atoms with Crippen molar-refractivity contribution in [3.05, 3.63) is 29.8 Å². The highest BCUT2D eigenvalue weighted by molar-refractivity contribution is 5.81. The Balaban J connectivity index is 1.88. The monoisotopic (exact) mass is 304 g/mol. The van der Waals surface area contributed by atoms with Gasteiger partial charge >= 0.3 is 0 Å². The molecule has 1 aliphatic rings. The third kappa shape index (κ3) is 4.23. The second-order valence-electron chi connectivity index (χ2n) is 6.24. The SMILES string of the molecule is CCN1CCN(C(=O)C(C)Oc2ccc(C(C)C)cc2)CC1. The van der Waals surface area contributed by atoms with Gasteiger partial charge in [0.25, 0.3) is 5.91 Å². The fraction of sp³-hybridized carbons (Fsp3) is 0.611. The van der Waals surface area contributed by atoms with Crippen molar-refractivity contribution in [1.29, 1.82) is 0 Å². The Morgan fingerprint density at radius 1 is 1.09 bits per heavy atom. The average molecular weight is 304 g/mol. The summed E-state index contributed by atoms with van der Waals surface area (Å²) >= 11 is 0. The Hall–Kier alpha value is -1.55. The van der Waals surface area contributed by atoms with Gasteiger partial charge in [0, 0.05) is 26.2 Å². The zero-order chi connectivity index (χ0) is 16.1. The highest BCUT2D eigenvalue weighted by atomic mass is 16.5. The second kappa shape index (κ2) is 7.63. The van der Waals surface area contributed by atoms with Gasteiger partial charge in [-0.25, -0.2) is 0 Å². The molecule has 0 radical (unpaired) electrons. The molecule has 0 aromatic heterocycles. The van der Waals surface area contributed by atoms with Gasteiger partial charge in [-0.3, -0.25) is 4.79 Å². The standard InChI is InChI=1S/C18H28N2O2/c1-5-19-10-12-20(13-11-19)18(21)15(4)22-17-8-6-16(7-9-17)14(2)3/h6-9,14-15H,5,10-13H2,1-4H3. The first kappa shape index (κ1) is 16.8. The summed E-state index contributed by atoms with van der Waals surface area (Å²) < 4.78 is 5.81. The smallest absolute Gasteiger partial charge is 0.263 e. The van der Waals surface area contributed by atoms with Crippen LogP contribution in [0.1, 0.15) is 39.2 Å². The molecular formula is C18H28N2O2. The lowest BCUT2D eigenvalue weighted by atomic mass is 10.0. The molecule has 1 fully saturated rings. The fourth-order valence-corrected chi connectivity index (χ4v) is 2.73.